The van der Waals surface area contributed by atoms with Crippen LogP contribution in [0.1, 0.15) is 5.56 Å². The van der Waals surface area contributed by atoms with Crippen molar-refractivity contribution in [2.24, 2.45) is 0 Å². The first kappa shape index (κ1) is 11.1. The quantitative estimate of drug-likeness (QED) is 0.802. The highest BCUT2D eigenvalue weighted by Crippen LogP contribution is 2.13. The number of benzene rings is 1. The molecular weight excluding hydrogens is 207 g/mol. The Morgan fingerprint density at radius 3 is 3.00 bits per heavy atom. The van der Waals surface area contributed by atoms with Gasteiger partial charge in [0, 0.05) is 19.6 Å². The van der Waals surface area contributed by atoms with Crippen molar-refractivity contribution < 1.29 is 9.18 Å². The molecule has 1 atom stereocenters. The van der Waals surface area contributed by atoms with Crippen LogP contribution < -0.4 is 5.32 Å². The monoisotopic (exact) mass is 222 g/mol. The van der Waals surface area contributed by atoms with Crippen LogP contribution in [0.2, 0.25) is 0 Å². The first-order chi connectivity index (χ1) is 7.68. The molecule has 1 aromatic carbocycles. The lowest BCUT2D eigenvalue weighted by molar-refractivity contribution is -0.133. The Balaban J connectivity index is 2.09. The van der Waals surface area contributed by atoms with Gasteiger partial charge in [0.05, 0.1) is 6.54 Å². The van der Waals surface area contributed by atoms with Crippen molar-refractivity contribution in [3.8, 4) is 0 Å². The third kappa shape index (κ3) is 2.22. The van der Waals surface area contributed by atoms with Crippen LogP contribution in [-0.4, -0.2) is 37.0 Å². The highest BCUT2D eigenvalue weighted by molar-refractivity contribution is 5.79. The lowest BCUT2D eigenvalue weighted by Gasteiger charge is -2.33. The highest BCUT2D eigenvalue weighted by atomic mass is 19.1. The molecule has 0 aliphatic carbocycles. The van der Waals surface area contributed by atoms with Gasteiger partial charge >= 0.3 is 0 Å². The third-order valence-electron chi connectivity index (χ3n) is 3.01. The highest BCUT2D eigenvalue weighted by Gasteiger charge is 2.24. The van der Waals surface area contributed by atoms with Crippen LogP contribution in [0, 0.1) is 5.82 Å². The van der Waals surface area contributed by atoms with Crippen molar-refractivity contribution in [2.75, 3.05) is 20.1 Å². The van der Waals surface area contributed by atoms with Gasteiger partial charge in [-0.15, -0.1) is 0 Å². The van der Waals surface area contributed by atoms with Gasteiger partial charge in [-0.1, -0.05) is 18.2 Å². The number of nitrogens with zero attached hydrogens (tertiary/aromatic N) is 1. The largest absolute Gasteiger partial charge is 0.340 e. The van der Waals surface area contributed by atoms with Crippen LogP contribution in [0.15, 0.2) is 24.3 Å². The molecule has 4 heteroatoms. The molecule has 1 aliphatic heterocycles. The number of nitrogens with one attached hydrogen (secondary N) is 1. The number of likely N-dealkylation sites (N-methyl/N-ethyl adjacent to an activating group) is 1. The number of carbonyl (C=O) groups is 1. The van der Waals surface area contributed by atoms with Crippen LogP contribution in [-0.2, 0) is 11.2 Å². The molecule has 1 fully saturated rings. The second kappa shape index (κ2) is 4.61. The first-order valence-corrected chi connectivity index (χ1v) is 5.38. The second-order valence-electron chi connectivity index (χ2n) is 4.08. The summed E-state index contributed by atoms with van der Waals surface area (Å²) >= 11 is 0. The maximum atomic E-state index is 13.4. The van der Waals surface area contributed by atoms with Crippen molar-refractivity contribution in [1.29, 1.82) is 0 Å². The summed E-state index contributed by atoms with van der Waals surface area (Å²) in [5, 5.41) is 3.04. The molecule has 2 rings (SSSR count). The summed E-state index contributed by atoms with van der Waals surface area (Å²) in [6.45, 7) is 1.10. The number of hydrogen-bond donors (Lipinski definition) is 1. The summed E-state index contributed by atoms with van der Waals surface area (Å²) in [4.78, 5) is 13.1. The Hall–Kier alpha value is -1.42. The fourth-order valence-corrected chi connectivity index (χ4v) is 1.94. The number of hydrogen-bond acceptors (Lipinski definition) is 2. The van der Waals surface area contributed by atoms with Crippen molar-refractivity contribution >= 4 is 5.91 Å². The van der Waals surface area contributed by atoms with Gasteiger partial charge in [-0.05, 0) is 18.1 Å². The van der Waals surface area contributed by atoms with E-state index in [-0.39, 0.29) is 17.8 Å². The minimum absolute atomic E-state index is 0.0400. The zero-order chi connectivity index (χ0) is 11.5. The molecule has 1 aromatic rings. The Morgan fingerprint density at radius 1 is 1.50 bits per heavy atom. The average molecular weight is 222 g/mol. The van der Waals surface area contributed by atoms with Gasteiger partial charge in [-0.2, -0.15) is 0 Å². The summed E-state index contributed by atoms with van der Waals surface area (Å²) in [5.74, 6) is -0.137. The molecule has 1 N–H and O–H groups in total. The minimum Gasteiger partial charge on any atom is -0.340 e. The van der Waals surface area contributed by atoms with E-state index in [4.69, 9.17) is 0 Å². The molecule has 1 amide bonds. The Morgan fingerprint density at radius 2 is 2.25 bits per heavy atom. The average Bonchev–Trinajstić information content (AvgIpc) is 2.28. The molecule has 0 bridgehead atoms. The number of piperazine rings is 1. The Bertz CT molecular complexity index is 394. The van der Waals surface area contributed by atoms with Gasteiger partial charge < -0.3 is 10.2 Å². The van der Waals surface area contributed by atoms with Crippen molar-refractivity contribution in [2.45, 2.75) is 12.5 Å². The molecule has 1 aliphatic rings. The fraction of sp³-hybridized carbons (Fsp3) is 0.417. The summed E-state index contributed by atoms with van der Waals surface area (Å²) in [6, 6.07) is 6.75. The molecule has 0 spiro atoms. The van der Waals surface area contributed by atoms with E-state index in [1.165, 1.54) is 6.07 Å². The van der Waals surface area contributed by atoms with Crippen molar-refractivity contribution in [1.82, 2.24) is 10.2 Å². The lowest BCUT2D eigenvalue weighted by atomic mass is 10.0. The molecule has 1 unspecified atom stereocenters. The van der Waals surface area contributed by atoms with Gasteiger partial charge in [-0.3, -0.25) is 4.79 Å². The summed E-state index contributed by atoms with van der Waals surface area (Å²) in [6.07, 6.45) is 0.557. The van der Waals surface area contributed by atoms with Gasteiger partial charge in [0.15, 0.2) is 0 Å². The number of carbonyl (C=O) groups excluding carboxylic acids is 1. The van der Waals surface area contributed by atoms with Crippen LogP contribution in [0.5, 0.6) is 0 Å². The maximum Gasteiger partial charge on any atom is 0.236 e. The molecule has 16 heavy (non-hydrogen) atoms. The van der Waals surface area contributed by atoms with Crippen molar-refractivity contribution in [3.63, 3.8) is 0 Å². The van der Waals surface area contributed by atoms with E-state index >= 15 is 0 Å². The van der Waals surface area contributed by atoms with Gasteiger partial charge in [-0.25, -0.2) is 4.39 Å². The van der Waals surface area contributed by atoms with Crippen LogP contribution in [0.25, 0.3) is 0 Å². The molecule has 1 saturated heterocycles. The summed E-state index contributed by atoms with van der Waals surface area (Å²) < 4.78 is 13.4. The Kier molecular flexibility index (Phi) is 3.19. The van der Waals surface area contributed by atoms with Crippen LogP contribution >= 0.6 is 0 Å². The fourth-order valence-electron chi connectivity index (χ4n) is 1.94. The lowest BCUT2D eigenvalue weighted by Crippen LogP contribution is -2.53. The molecule has 0 aromatic heterocycles. The molecule has 1 heterocycles. The molecule has 0 saturated carbocycles. The number of rotatable bonds is 2. The zero-order valence-corrected chi connectivity index (χ0v) is 9.24. The normalized spacial score (nSPS) is 21.2. The number of halogens is 1. The standard InChI is InChI=1S/C12H15FN2O/c1-15-10(7-14-8-12(15)16)6-9-4-2-3-5-11(9)13/h2-5,10,14H,6-8H2,1H3. The topological polar surface area (TPSA) is 32.3 Å². The molecule has 86 valence electrons. The number of amides is 1. The second-order valence-corrected chi connectivity index (χ2v) is 4.08. The van der Waals surface area contributed by atoms with Gasteiger partial charge in [0.2, 0.25) is 5.91 Å². The summed E-state index contributed by atoms with van der Waals surface area (Å²) in [5.41, 5.74) is 0.663. The SMILES string of the molecule is CN1C(=O)CNCC1Cc1ccccc1F. The van der Waals surface area contributed by atoms with E-state index in [1.807, 2.05) is 6.07 Å². The van der Waals surface area contributed by atoms with E-state index in [2.05, 4.69) is 5.32 Å². The van der Waals surface area contributed by atoms with Gasteiger partial charge in [0.25, 0.3) is 0 Å². The van der Waals surface area contributed by atoms with E-state index in [1.54, 1.807) is 24.1 Å². The predicted octanol–water partition coefficient (Wildman–Crippen LogP) is 0.798. The van der Waals surface area contributed by atoms with Crippen molar-refractivity contribution in [3.05, 3.63) is 35.6 Å². The van der Waals surface area contributed by atoms with Crippen LogP contribution in [0.4, 0.5) is 4.39 Å². The van der Waals surface area contributed by atoms with Gasteiger partial charge in [0.1, 0.15) is 5.82 Å². The molecule has 3 nitrogen and oxygen atoms in total. The Labute approximate surface area is 94.3 Å². The molecular formula is C12H15FN2O. The summed E-state index contributed by atoms with van der Waals surface area (Å²) in [7, 11) is 1.77. The predicted molar refractivity (Wildman–Crippen MR) is 59.5 cm³/mol. The zero-order valence-electron chi connectivity index (χ0n) is 9.24. The third-order valence-corrected chi connectivity index (χ3v) is 3.01. The van der Waals surface area contributed by atoms with E-state index < -0.39 is 0 Å². The van der Waals surface area contributed by atoms with E-state index in [0.29, 0.717) is 18.5 Å². The van der Waals surface area contributed by atoms with E-state index in [0.717, 1.165) is 6.54 Å². The van der Waals surface area contributed by atoms with Crippen LogP contribution in [0.3, 0.4) is 0 Å². The van der Waals surface area contributed by atoms with E-state index in [9.17, 15) is 9.18 Å². The first-order valence-electron chi connectivity index (χ1n) is 5.38. The smallest absolute Gasteiger partial charge is 0.236 e. The molecule has 0 radical (unpaired) electrons. The minimum atomic E-state index is -0.200. The maximum absolute atomic E-state index is 13.4.